The summed E-state index contributed by atoms with van der Waals surface area (Å²) in [6, 6.07) is 0.589. The third kappa shape index (κ3) is 7.53. The normalized spacial score (nSPS) is 15.1. The molecule has 0 bridgehead atoms. The lowest BCUT2D eigenvalue weighted by molar-refractivity contribution is -0.146. The van der Waals surface area contributed by atoms with Gasteiger partial charge in [0, 0.05) is 18.6 Å². The number of carbonyl (C=O) groups excluding carboxylic acids is 1. The highest BCUT2D eigenvalue weighted by molar-refractivity contribution is 5.75. The summed E-state index contributed by atoms with van der Waals surface area (Å²) in [7, 11) is 2.11. The smallest absolute Gasteiger partial charge is 0.323 e. The van der Waals surface area contributed by atoms with Crippen LogP contribution in [-0.2, 0) is 9.53 Å². The van der Waals surface area contributed by atoms with E-state index in [1.165, 1.54) is 0 Å². The Kier molecular flexibility index (Phi) is 9.02. The molecule has 0 aliphatic rings. The molecule has 0 heterocycles. The van der Waals surface area contributed by atoms with Crippen LogP contribution in [0, 0.1) is 5.92 Å². The molecular weight excluding hydrogens is 240 g/mol. The van der Waals surface area contributed by atoms with Crippen molar-refractivity contribution in [2.75, 3.05) is 20.2 Å². The molecule has 0 fully saturated rings. The van der Waals surface area contributed by atoms with Crippen molar-refractivity contribution in [3.63, 3.8) is 0 Å². The van der Waals surface area contributed by atoms with Gasteiger partial charge in [0.2, 0.25) is 0 Å². The maximum atomic E-state index is 11.9. The van der Waals surface area contributed by atoms with Gasteiger partial charge in [-0.15, -0.1) is 0 Å². The molecule has 0 saturated heterocycles. The standard InChI is InChI=1S/C15H32N2O2/c1-8-19-15(18)14(16-12(4)5)9-10-17(7)13(6)11(2)3/h11-14,16H,8-10H2,1-7H3. The Bertz CT molecular complexity index is 255. The van der Waals surface area contributed by atoms with E-state index in [0.717, 1.165) is 13.0 Å². The van der Waals surface area contributed by atoms with Crippen LogP contribution in [-0.4, -0.2) is 49.2 Å². The van der Waals surface area contributed by atoms with E-state index in [1.807, 2.05) is 20.8 Å². The Morgan fingerprint density at radius 3 is 2.21 bits per heavy atom. The van der Waals surface area contributed by atoms with E-state index in [1.54, 1.807) is 0 Å². The first-order chi connectivity index (χ1) is 8.79. The predicted molar refractivity (Wildman–Crippen MR) is 80.2 cm³/mol. The monoisotopic (exact) mass is 272 g/mol. The van der Waals surface area contributed by atoms with Crippen molar-refractivity contribution in [2.45, 2.75) is 66.1 Å². The van der Waals surface area contributed by atoms with Crippen LogP contribution in [0.5, 0.6) is 0 Å². The van der Waals surface area contributed by atoms with E-state index >= 15 is 0 Å². The molecule has 0 radical (unpaired) electrons. The van der Waals surface area contributed by atoms with Crippen LogP contribution in [0.2, 0.25) is 0 Å². The van der Waals surface area contributed by atoms with E-state index in [4.69, 9.17) is 4.74 Å². The van der Waals surface area contributed by atoms with Gasteiger partial charge in [0.1, 0.15) is 6.04 Å². The summed E-state index contributed by atoms with van der Waals surface area (Å²) in [4.78, 5) is 14.2. The van der Waals surface area contributed by atoms with Crippen LogP contribution in [0.3, 0.4) is 0 Å². The largest absolute Gasteiger partial charge is 0.465 e. The summed E-state index contributed by atoms with van der Waals surface area (Å²) in [5.41, 5.74) is 0. The van der Waals surface area contributed by atoms with E-state index < -0.39 is 0 Å². The van der Waals surface area contributed by atoms with E-state index in [0.29, 0.717) is 18.6 Å². The first-order valence-corrected chi connectivity index (χ1v) is 7.42. The van der Waals surface area contributed by atoms with Crippen molar-refractivity contribution in [1.82, 2.24) is 10.2 Å². The molecule has 0 aromatic rings. The summed E-state index contributed by atoms with van der Waals surface area (Å²) >= 11 is 0. The molecule has 19 heavy (non-hydrogen) atoms. The summed E-state index contributed by atoms with van der Waals surface area (Å²) in [6.07, 6.45) is 0.782. The Hall–Kier alpha value is -0.610. The van der Waals surface area contributed by atoms with Gasteiger partial charge in [-0.1, -0.05) is 27.7 Å². The molecule has 0 aromatic carbocycles. The first-order valence-electron chi connectivity index (χ1n) is 7.42. The van der Waals surface area contributed by atoms with Gasteiger partial charge >= 0.3 is 5.97 Å². The van der Waals surface area contributed by atoms with Gasteiger partial charge < -0.3 is 15.0 Å². The number of hydrogen-bond donors (Lipinski definition) is 1. The van der Waals surface area contributed by atoms with Gasteiger partial charge in [-0.25, -0.2) is 0 Å². The molecular formula is C15H32N2O2. The Morgan fingerprint density at radius 2 is 1.79 bits per heavy atom. The van der Waals surface area contributed by atoms with Crippen LogP contribution in [0.15, 0.2) is 0 Å². The number of ether oxygens (including phenoxy) is 1. The molecule has 2 unspecified atom stereocenters. The highest BCUT2D eigenvalue weighted by Gasteiger charge is 2.22. The highest BCUT2D eigenvalue weighted by atomic mass is 16.5. The minimum Gasteiger partial charge on any atom is -0.465 e. The number of esters is 1. The number of hydrogen-bond acceptors (Lipinski definition) is 4. The van der Waals surface area contributed by atoms with Crippen LogP contribution in [0.25, 0.3) is 0 Å². The van der Waals surface area contributed by atoms with Gasteiger partial charge in [0.05, 0.1) is 6.61 Å². The molecule has 1 N–H and O–H groups in total. The predicted octanol–water partition coefficient (Wildman–Crippen LogP) is 2.28. The maximum absolute atomic E-state index is 11.9. The third-order valence-electron chi connectivity index (χ3n) is 3.54. The van der Waals surface area contributed by atoms with E-state index in [2.05, 4.69) is 38.0 Å². The molecule has 4 heteroatoms. The summed E-state index contributed by atoms with van der Waals surface area (Å²) in [5, 5.41) is 3.29. The van der Waals surface area contributed by atoms with Crippen LogP contribution in [0.4, 0.5) is 0 Å². The zero-order valence-electron chi connectivity index (χ0n) is 13.7. The number of rotatable bonds is 9. The van der Waals surface area contributed by atoms with Crippen molar-refractivity contribution in [3.8, 4) is 0 Å². The van der Waals surface area contributed by atoms with Crippen molar-refractivity contribution in [2.24, 2.45) is 5.92 Å². The first kappa shape index (κ1) is 18.4. The molecule has 0 saturated carbocycles. The highest BCUT2D eigenvalue weighted by Crippen LogP contribution is 2.09. The molecule has 114 valence electrons. The molecule has 0 amide bonds. The van der Waals surface area contributed by atoms with Gasteiger partial charge in [0.15, 0.2) is 0 Å². The topological polar surface area (TPSA) is 41.6 Å². The average Bonchev–Trinajstić information content (AvgIpc) is 2.32. The summed E-state index contributed by atoms with van der Waals surface area (Å²) in [6.45, 7) is 13.9. The lowest BCUT2D eigenvalue weighted by atomic mass is 10.0. The minimum absolute atomic E-state index is 0.137. The number of nitrogens with zero attached hydrogens (tertiary/aromatic N) is 1. The van der Waals surface area contributed by atoms with Crippen LogP contribution < -0.4 is 5.32 Å². The zero-order valence-corrected chi connectivity index (χ0v) is 13.7. The van der Waals surface area contributed by atoms with Crippen LogP contribution in [0.1, 0.15) is 48.0 Å². The van der Waals surface area contributed by atoms with Crippen molar-refractivity contribution in [3.05, 3.63) is 0 Å². The maximum Gasteiger partial charge on any atom is 0.323 e. The van der Waals surface area contributed by atoms with Gasteiger partial charge in [-0.3, -0.25) is 4.79 Å². The fraction of sp³-hybridized carbons (Fsp3) is 0.933. The Labute approximate surface area is 118 Å². The number of nitrogens with one attached hydrogen (secondary N) is 1. The fourth-order valence-electron chi connectivity index (χ4n) is 1.96. The Balaban J connectivity index is 4.36. The minimum atomic E-state index is -0.207. The van der Waals surface area contributed by atoms with E-state index in [-0.39, 0.29) is 18.1 Å². The van der Waals surface area contributed by atoms with E-state index in [9.17, 15) is 4.79 Å². The molecule has 0 aliphatic heterocycles. The second kappa shape index (κ2) is 9.32. The zero-order chi connectivity index (χ0) is 15.0. The Morgan fingerprint density at radius 1 is 1.21 bits per heavy atom. The van der Waals surface area contributed by atoms with Gasteiger partial charge in [0.25, 0.3) is 0 Å². The summed E-state index contributed by atoms with van der Waals surface area (Å²) < 4.78 is 5.13. The van der Waals surface area contributed by atoms with Crippen molar-refractivity contribution >= 4 is 5.97 Å². The van der Waals surface area contributed by atoms with Crippen LogP contribution >= 0.6 is 0 Å². The molecule has 0 aliphatic carbocycles. The molecule has 2 atom stereocenters. The molecule has 4 nitrogen and oxygen atoms in total. The quantitative estimate of drug-likeness (QED) is 0.654. The average molecular weight is 272 g/mol. The summed E-state index contributed by atoms with van der Waals surface area (Å²) in [5.74, 6) is 0.478. The second-order valence-corrected chi connectivity index (χ2v) is 5.88. The van der Waals surface area contributed by atoms with Gasteiger partial charge in [-0.2, -0.15) is 0 Å². The number of carbonyl (C=O) groups is 1. The molecule has 0 aromatic heterocycles. The molecule has 0 spiro atoms. The lowest BCUT2D eigenvalue weighted by Crippen LogP contribution is -2.45. The van der Waals surface area contributed by atoms with Gasteiger partial charge in [-0.05, 0) is 33.2 Å². The second-order valence-electron chi connectivity index (χ2n) is 5.88. The van der Waals surface area contributed by atoms with Crippen molar-refractivity contribution in [1.29, 1.82) is 0 Å². The fourth-order valence-corrected chi connectivity index (χ4v) is 1.96. The lowest BCUT2D eigenvalue weighted by Gasteiger charge is -2.29. The molecule has 0 rings (SSSR count). The SMILES string of the molecule is CCOC(=O)C(CCN(C)C(C)C(C)C)NC(C)C. The third-order valence-corrected chi connectivity index (χ3v) is 3.54. The van der Waals surface area contributed by atoms with Crippen molar-refractivity contribution < 1.29 is 9.53 Å².